The highest BCUT2D eigenvalue weighted by molar-refractivity contribution is 5.31. The van der Waals surface area contributed by atoms with Crippen LogP contribution >= 0.6 is 0 Å². The van der Waals surface area contributed by atoms with Gasteiger partial charge in [-0.2, -0.15) is 5.48 Å². The SMILES string of the molecule is CCONCCOc1ccc(OC)cc1. The van der Waals surface area contributed by atoms with Crippen molar-refractivity contribution < 1.29 is 14.3 Å². The molecule has 1 rings (SSSR count). The van der Waals surface area contributed by atoms with Crippen LogP contribution < -0.4 is 15.0 Å². The molecule has 84 valence electrons. The van der Waals surface area contributed by atoms with Crippen molar-refractivity contribution in [2.75, 3.05) is 26.9 Å². The predicted octanol–water partition coefficient (Wildman–Crippen LogP) is 1.62. The van der Waals surface area contributed by atoms with E-state index in [1.54, 1.807) is 7.11 Å². The van der Waals surface area contributed by atoms with E-state index in [0.717, 1.165) is 11.5 Å². The molecule has 0 fully saturated rings. The number of benzene rings is 1. The molecule has 15 heavy (non-hydrogen) atoms. The summed E-state index contributed by atoms with van der Waals surface area (Å²) >= 11 is 0. The highest BCUT2D eigenvalue weighted by Gasteiger charge is 1.94. The Hall–Kier alpha value is -1.26. The summed E-state index contributed by atoms with van der Waals surface area (Å²) in [5, 5.41) is 0. The number of rotatable bonds is 7. The molecule has 0 bridgehead atoms. The van der Waals surface area contributed by atoms with Gasteiger partial charge in [-0.25, -0.2) is 0 Å². The highest BCUT2D eigenvalue weighted by Crippen LogP contribution is 2.16. The molecule has 0 unspecified atom stereocenters. The van der Waals surface area contributed by atoms with Crippen LogP contribution in [-0.4, -0.2) is 26.9 Å². The van der Waals surface area contributed by atoms with Crippen LogP contribution in [-0.2, 0) is 4.84 Å². The molecule has 0 aliphatic rings. The second kappa shape index (κ2) is 7.09. The second-order valence-corrected chi connectivity index (χ2v) is 2.85. The Kier molecular flexibility index (Phi) is 5.58. The van der Waals surface area contributed by atoms with Gasteiger partial charge < -0.3 is 14.3 Å². The van der Waals surface area contributed by atoms with Gasteiger partial charge >= 0.3 is 0 Å². The maximum Gasteiger partial charge on any atom is 0.119 e. The van der Waals surface area contributed by atoms with Gasteiger partial charge in [0, 0.05) is 0 Å². The maximum absolute atomic E-state index is 5.45. The summed E-state index contributed by atoms with van der Waals surface area (Å²) in [7, 11) is 1.64. The number of hydroxylamine groups is 1. The van der Waals surface area contributed by atoms with Gasteiger partial charge in [0.15, 0.2) is 0 Å². The van der Waals surface area contributed by atoms with Crippen LogP contribution in [0.2, 0.25) is 0 Å². The molecular weight excluding hydrogens is 194 g/mol. The van der Waals surface area contributed by atoms with Crippen LogP contribution in [0, 0.1) is 0 Å². The largest absolute Gasteiger partial charge is 0.497 e. The standard InChI is InChI=1S/C11H17NO3/c1-3-15-12-8-9-14-11-6-4-10(13-2)5-7-11/h4-7,12H,3,8-9H2,1-2H3. The van der Waals surface area contributed by atoms with Gasteiger partial charge in [-0.05, 0) is 31.2 Å². The molecular formula is C11H17NO3. The number of nitrogens with one attached hydrogen (secondary N) is 1. The van der Waals surface area contributed by atoms with E-state index in [0.29, 0.717) is 19.8 Å². The summed E-state index contributed by atoms with van der Waals surface area (Å²) < 4.78 is 10.5. The highest BCUT2D eigenvalue weighted by atomic mass is 16.6. The summed E-state index contributed by atoms with van der Waals surface area (Å²) in [6, 6.07) is 7.48. The molecule has 1 N–H and O–H groups in total. The first-order valence-corrected chi connectivity index (χ1v) is 4.98. The van der Waals surface area contributed by atoms with E-state index in [2.05, 4.69) is 5.48 Å². The van der Waals surface area contributed by atoms with Crippen LogP contribution in [0.15, 0.2) is 24.3 Å². The van der Waals surface area contributed by atoms with E-state index >= 15 is 0 Å². The molecule has 0 saturated heterocycles. The molecule has 4 nitrogen and oxygen atoms in total. The maximum atomic E-state index is 5.45. The zero-order valence-electron chi connectivity index (χ0n) is 9.16. The third-order valence-corrected chi connectivity index (χ3v) is 1.78. The quantitative estimate of drug-likeness (QED) is 0.549. The molecule has 0 saturated carbocycles. The van der Waals surface area contributed by atoms with Gasteiger partial charge in [0.1, 0.15) is 18.1 Å². The van der Waals surface area contributed by atoms with Crippen molar-refractivity contribution in [3.63, 3.8) is 0 Å². The Morgan fingerprint density at radius 1 is 1.13 bits per heavy atom. The van der Waals surface area contributed by atoms with Crippen LogP contribution in [0.5, 0.6) is 11.5 Å². The summed E-state index contributed by atoms with van der Waals surface area (Å²) in [6.45, 7) is 3.83. The lowest BCUT2D eigenvalue weighted by atomic mass is 10.3. The zero-order chi connectivity index (χ0) is 10.9. The third kappa shape index (κ3) is 4.67. The van der Waals surface area contributed by atoms with Gasteiger partial charge in [0.25, 0.3) is 0 Å². The second-order valence-electron chi connectivity index (χ2n) is 2.85. The van der Waals surface area contributed by atoms with E-state index in [1.807, 2.05) is 31.2 Å². The van der Waals surface area contributed by atoms with E-state index in [-0.39, 0.29) is 0 Å². The van der Waals surface area contributed by atoms with Crippen molar-refractivity contribution in [1.29, 1.82) is 0 Å². The average molecular weight is 211 g/mol. The van der Waals surface area contributed by atoms with Crippen molar-refractivity contribution >= 4 is 0 Å². The van der Waals surface area contributed by atoms with Gasteiger partial charge in [0.05, 0.1) is 20.3 Å². The normalized spacial score (nSPS) is 10.0. The summed E-state index contributed by atoms with van der Waals surface area (Å²) in [4.78, 5) is 4.96. The van der Waals surface area contributed by atoms with Gasteiger partial charge in [-0.3, -0.25) is 0 Å². The Bertz CT molecular complexity index is 261. The third-order valence-electron chi connectivity index (χ3n) is 1.78. The number of methoxy groups -OCH3 is 1. The molecule has 0 atom stereocenters. The minimum atomic E-state index is 0.576. The van der Waals surface area contributed by atoms with Crippen LogP contribution in [0.3, 0.4) is 0 Å². The molecule has 0 spiro atoms. The Balaban J connectivity index is 2.20. The molecule has 1 aromatic carbocycles. The van der Waals surface area contributed by atoms with Crippen molar-refractivity contribution in [3.05, 3.63) is 24.3 Å². The smallest absolute Gasteiger partial charge is 0.119 e. The first kappa shape index (κ1) is 11.8. The molecule has 0 amide bonds. The molecule has 0 heterocycles. The molecule has 4 heteroatoms. The average Bonchev–Trinajstić information content (AvgIpc) is 2.30. The lowest BCUT2D eigenvalue weighted by Crippen LogP contribution is -2.21. The van der Waals surface area contributed by atoms with E-state index < -0.39 is 0 Å². The van der Waals surface area contributed by atoms with E-state index in [4.69, 9.17) is 14.3 Å². The number of hydrogen-bond acceptors (Lipinski definition) is 4. The molecule has 1 aromatic rings. The number of ether oxygens (including phenoxy) is 2. The monoisotopic (exact) mass is 211 g/mol. The molecule has 0 aliphatic heterocycles. The topological polar surface area (TPSA) is 39.7 Å². The molecule has 0 aliphatic carbocycles. The fourth-order valence-electron chi connectivity index (χ4n) is 1.06. The predicted molar refractivity (Wildman–Crippen MR) is 58.1 cm³/mol. The number of hydrogen-bond donors (Lipinski definition) is 1. The minimum absolute atomic E-state index is 0.576. The van der Waals surface area contributed by atoms with Crippen molar-refractivity contribution in [3.8, 4) is 11.5 Å². The van der Waals surface area contributed by atoms with Gasteiger partial charge in [0.2, 0.25) is 0 Å². The van der Waals surface area contributed by atoms with E-state index in [1.165, 1.54) is 0 Å². The van der Waals surface area contributed by atoms with Crippen LogP contribution in [0.4, 0.5) is 0 Å². The Labute approximate surface area is 90.1 Å². The van der Waals surface area contributed by atoms with Crippen molar-refractivity contribution in [1.82, 2.24) is 5.48 Å². The molecule has 0 radical (unpaired) electrons. The van der Waals surface area contributed by atoms with Crippen LogP contribution in [0.1, 0.15) is 6.92 Å². The minimum Gasteiger partial charge on any atom is -0.497 e. The van der Waals surface area contributed by atoms with Crippen LogP contribution in [0.25, 0.3) is 0 Å². The fourth-order valence-corrected chi connectivity index (χ4v) is 1.06. The van der Waals surface area contributed by atoms with Crippen molar-refractivity contribution in [2.45, 2.75) is 6.92 Å². The first-order chi connectivity index (χ1) is 7.36. The first-order valence-electron chi connectivity index (χ1n) is 4.98. The summed E-state index contributed by atoms with van der Waals surface area (Å²) in [5.41, 5.74) is 2.78. The Morgan fingerprint density at radius 3 is 2.40 bits per heavy atom. The zero-order valence-corrected chi connectivity index (χ0v) is 9.16. The van der Waals surface area contributed by atoms with Gasteiger partial charge in [-0.15, -0.1) is 0 Å². The van der Waals surface area contributed by atoms with E-state index in [9.17, 15) is 0 Å². The van der Waals surface area contributed by atoms with Crippen molar-refractivity contribution in [2.24, 2.45) is 0 Å². The Morgan fingerprint density at radius 2 is 1.80 bits per heavy atom. The lowest BCUT2D eigenvalue weighted by molar-refractivity contribution is 0.0433. The summed E-state index contributed by atoms with van der Waals surface area (Å²) in [6.07, 6.45) is 0. The summed E-state index contributed by atoms with van der Waals surface area (Å²) in [5.74, 6) is 1.66. The lowest BCUT2D eigenvalue weighted by Gasteiger charge is -2.07. The molecule has 0 aromatic heterocycles. The fraction of sp³-hybridized carbons (Fsp3) is 0.455. The van der Waals surface area contributed by atoms with Gasteiger partial charge in [-0.1, -0.05) is 0 Å².